The van der Waals surface area contributed by atoms with Crippen molar-refractivity contribution < 1.29 is 9.84 Å². The summed E-state index contributed by atoms with van der Waals surface area (Å²) in [6.07, 6.45) is 1.75. The van der Waals surface area contributed by atoms with Gasteiger partial charge in [0.05, 0.1) is 10.6 Å². The first kappa shape index (κ1) is 18.3. The number of pyridine rings is 1. The Labute approximate surface area is 171 Å². The molecule has 0 atom stereocenters. The first-order valence-electron chi connectivity index (χ1n) is 8.55. The van der Waals surface area contributed by atoms with Gasteiger partial charge in [-0.05, 0) is 31.2 Å². The molecule has 0 aliphatic rings. The predicted octanol–water partition coefficient (Wildman–Crippen LogP) is 6.24. The quantitative estimate of drug-likeness (QED) is 0.394. The molecule has 0 amide bonds. The first-order valence-corrected chi connectivity index (χ1v) is 10.2. The Hall–Kier alpha value is -3.03. The van der Waals surface area contributed by atoms with Crippen molar-refractivity contribution in [1.82, 2.24) is 9.97 Å². The van der Waals surface area contributed by atoms with Gasteiger partial charge in [-0.3, -0.25) is 0 Å². The third kappa shape index (κ3) is 4.44. The van der Waals surface area contributed by atoms with Crippen molar-refractivity contribution in [2.24, 2.45) is 0 Å². The minimum atomic E-state index is 0.235. The number of nitrogens with zero attached hydrogens (tertiary/aromatic N) is 2. The van der Waals surface area contributed by atoms with Gasteiger partial charge >= 0.3 is 0 Å². The number of thiazole rings is 1. The maximum atomic E-state index is 10.0. The molecular weight excluding hydrogens is 390 g/mol. The number of ether oxygens (including phenoxy) is 1. The lowest BCUT2D eigenvalue weighted by Crippen LogP contribution is -1.97. The van der Waals surface area contributed by atoms with Gasteiger partial charge in [0.25, 0.3) is 0 Å². The lowest BCUT2D eigenvalue weighted by atomic mass is 10.3. The molecule has 5 nitrogen and oxygen atoms in total. The van der Waals surface area contributed by atoms with Crippen LogP contribution in [0.3, 0.4) is 0 Å². The van der Waals surface area contributed by atoms with Gasteiger partial charge in [0.15, 0.2) is 16.7 Å². The number of aromatic hydroxyl groups is 1. The Morgan fingerprint density at radius 3 is 2.61 bits per heavy atom. The fourth-order valence-electron chi connectivity index (χ4n) is 2.45. The zero-order valence-corrected chi connectivity index (χ0v) is 16.6. The van der Waals surface area contributed by atoms with Gasteiger partial charge < -0.3 is 15.2 Å². The molecular formula is C21H17N3O2S2. The number of aryl methyl sites for hydroxylation is 1. The number of phenolic OH excluding ortho intramolecular Hbond substituents is 1. The molecule has 4 rings (SSSR count). The average molecular weight is 408 g/mol. The number of rotatable bonds is 6. The minimum Gasteiger partial charge on any atom is -0.507 e. The normalized spacial score (nSPS) is 10.6. The van der Waals surface area contributed by atoms with Crippen LogP contribution in [0.15, 0.2) is 82.0 Å². The number of hydrogen-bond acceptors (Lipinski definition) is 7. The van der Waals surface area contributed by atoms with E-state index in [-0.39, 0.29) is 5.75 Å². The van der Waals surface area contributed by atoms with Gasteiger partial charge in [0, 0.05) is 22.5 Å². The predicted molar refractivity (Wildman–Crippen MR) is 113 cm³/mol. The van der Waals surface area contributed by atoms with Crippen molar-refractivity contribution in [3.63, 3.8) is 0 Å². The lowest BCUT2D eigenvalue weighted by molar-refractivity contribution is 0.462. The van der Waals surface area contributed by atoms with Crippen molar-refractivity contribution >= 4 is 34.0 Å². The second kappa shape index (κ2) is 8.33. The third-order valence-electron chi connectivity index (χ3n) is 3.74. The molecule has 0 saturated carbocycles. The van der Waals surface area contributed by atoms with Crippen molar-refractivity contribution in [2.75, 3.05) is 5.32 Å². The molecule has 2 aromatic heterocycles. The standard InChI is InChI=1S/C21H17N3O2S2/c1-14-13-27-21(23-14)24-20-18(26-15-7-3-2-4-8-15)11-16(12-22-20)28-19-10-6-5-9-17(19)25/h2-13,25H,1H3,(H,22,23,24). The number of hydrogen-bond donors (Lipinski definition) is 2. The van der Waals surface area contributed by atoms with Crippen LogP contribution in [0, 0.1) is 6.92 Å². The average Bonchev–Trinajstić information content (AvgIpc) is 3.11. The molecule has 0 aliphatic carbocycles. The number of nitrogens with one attached hydrogen (secondary N) is 1. The molecule has 7 heteroatoms. The van der Waals surface area contributed by atoms with Crippen LogP contribution in [0.4, 0.5) is 10.9 Å². The largest absolute Gasteiger partial charge is 0.507 e. The monoisotopic (exact) mass is 407 g/mol. The van der Waals surface area contributed by atoms with E-state index in [2.05, 4.69) is 15.3 Å². The molecule has 0 saturated heterocycles. The summed E-state index contributed by atoms with van der Waals surface area (Å²) < 4.78 is 6.07. The highest BCUT2D eigenvalue weighted by atomic mass is 32.2. The lowest BCUT2D eigenvalue weighted by Gasteiger charge is -2.13. The van der Waals surface area contributed by atoms with Crippen LogP contribution in [-0.2, 0) is 0 Å². The second-order valence-electron chi connectivity index (χ2n) is 5.92. The van der Waals surface area contributed by atoms with Gasteiger partial charge in [-0.1, -0.05) is 42.1 Å². The van der Waals surface area contributed by atoms with Gasteiger partial charge in [-0.15, -0.1) is 11.3 Å². The van der Waals surface area contributed by atoms with E-state index in [9.17, 15) is 5.11 Å². The number of benzene rings is 2. The van der Waals surface area contributed by atoms with Crippen molar-refractivity contribution in [3.05, 3.63) is 77.9 Å². The van der Waals surface area contributed by atoms with E-state index < -0.39 is 0 Å². The topological polar surface area (TPSA) is 67.3 Å². The van der Waals surface area contributed by atoms with Crippen molar-refractivity contribution in [3.8, 4) is 17.2 Å². The fourth-order valence-corrected chi connectivity index (χ4v) is 3.98. The molecule has 0 fully saturated rings. The van der Waals surface area contributed by atoms with Gasteiger partial charge in [0.2, 0.25) is 0 Å². The van der Waals surface area contributed by atoms with Crippen LogP contribution in [0.1, 0.15) is 5.69 Å². The number of para-hydroxylation sites is 2. The van der Waals surface area contributed by atoms with Crippen LogP contribution in [0.5, 0.6) is 17.2 Å². The minimum absolute atomic E-state index is 0.235. The molecule has 0 unspecified atom stereocenters. The molecule has 2 N–H and O–H groups in total. The molecule has 140 valence electrons. The second-order valence-corrected chi connectivity index (χ2v) is 7.90. The van der Waals surface area contributed by atoms with E-state index in [1.54, 1.807) is 18.3 Å². The van der Waals surface area contributed by atoms with E-state index in [4.69, 9.17) is 4.74 Å². The van der Waals surface area contributed by atoms with Gasteiger partial charge in [-0.2, -0.15) is 0 Å². The van der Waals surface area contributed by atoms with Crippen LogP contribution < -0.4 is 10.1 Å². The smallest absolute Gasteiger partial charge is 0.188 e. The molecule has 0 radical (unpaired) electrons. The van der Waals surface area contributed by atoms with Crippen LogP contribution in [-0.4, -0.2) is 15.1 Å². The molecule has 2 heterocycles. The molecule has 0 spiro atoms. The van der Waals surface area contributed by atoms with E-state index in [1.165, 1.54) is 23.1 Å². The number of anilines is 2. The maximum Gasteiger partial charge on any atom is 0.188 e. The zero-order valence-electron chi connectivity index (χ0n) is 15.0. The molecule has 0 aliphatic heterocycles. The summed E-state index contributed by atoms with van der Waals surface area (Å²) >= 11 is 2.94. The molecule has 0 bridgehead atoms. The Morgan fingerprint density at radius 1 is 1.07 bits per heavy atom. The van der Waals surface area contributed by atoms with Gasteiger partial charge in [0.1, 0.15) is 11.5 Å². The summed E-state index contributed by atoms with van der Waals surface area (Å²) in [4.78, 5) is 10.6. The Balaban J connectivity index is 1.66. The maximum absolute atomic E-state index is 10.0. The molecule has 2 aromatic carbocycles. The summed E-state index contributed by atoms with van der Waals surface area (Å²) in [5, 5.41) is 16.0. The van der Waals surface area contributed by atoms with Gasteiger partial charge in [-0.25, -0.2) is 9.97 Å². The highest BCUT2D eigenvalue weighted by molar-refractivity contribution is 7.99. The summed E-state index contributed by atoms with van der Waals surface area (Å²) in [6, 6.07) is 18.7. The highest BCUT2D eigenvalue weighted by Crippen LogP contribution is 2.38. The SMILES string of the molecule is Cc1csc(Nc2ncc(Sc3ccccc3O)cc2Oc2ccccc2)n1. The van der Waals surface area contributed by atoms with E-state index in [0.29, 0.717) is 17.3 Å². The van der Waals surface area contributed by atoms with Crippen LogP contribution in [0.25, 0.3) is 0 Å². The fraction of sp³-hybridized carbons (Fsp3) is 0.0476. The number of aromatic nitrogens is 2. The van der Waals surface area contributed by atoms with Crippen molar-refractivity contribution in [2.45, 2.75) is 16.7 Å². The molecule has 4 aromatic rings. The Morgan fingerprint density at radius 2 is 1.86 bits per heavy atom. The van der Waals surface area contributed by atoms with E-state index in [1.807, 2.05) is 60.8 Å². The number of phenols is 1. The summed E-state index contributed by atoms with van der Waals surface area (Å²) in [6.45, 7) is 1.95. The zero-order chi connectivity index (χ0) is 19.3. The van der Waals surface area contributed by atoms with Crippen molar-refractivity contribution in [1.29, 1.82) is 0 Å². The third-order valence-corrected chi connectivity index (χ3v) is 5.64. The Kier molecular flexibility index (Phi) is 5.45. The van der Waals surface area contributed by atoms with E-state index >= 15 is 0 Å². The van der Waals surface area contributed by atoms with E-state index in [0.717, 1.165) is 20.6 Å². The summed E-state index contributed by atoms with van der Waals surface area (Å²) in [5.41, 5.74) is 0.949. The van der Waals surface area contributed by atoms with Crippen LogP contribution >= 0.6 is 23.1 Å². The summed E-state index contributed by atoms with van der Waals surface area (Å²) in [7, 11) is 0. The summed E-state index contributed by atoms with van der Waals surface area (Å²) in [5.74, 6) is 2.12. The molecule has 28 heavy (non-hydrogen) atoms. The van der Waals surface area contributed by atoms with Crippen LogP contribution in [0.2, 0.25) is 0 Å². The first-order chi connectivity index (χ1) is 13.7. The Bertz CT molecular complexity index is 1080. The highest BCUT2D eigenvalue weighted by Gasteiger charge is 2.12.